The van der Waals surface area contributed by atoms with Gasteiger partial charge in [0.2, 0.25) is 18.5 Å². The second-order valence-corrected chi connectivity index (χ2v) is 8.66. The summed E-state index contributed by atoms with van der Waals surface area (Å²) in [6, 6.07) is 7.43. The van der Waals surface area contributed by atoms with Crippen molar-refractivity contribution < 1.29 is 14.0 Å². The number of nitrogens with two attached hydrogens (primary N) is 1. The zero-order valence-electron chi connectivity index (χ0n) is 16.6. The normalized spacial score (nSPS) is 16.8. The molecule has 0 saturated carbocycles. The van der Waals surface area contributed by atoms with Crippen molar-refractivity contribution in [1.29, 1.82) is 0 Å². The minimum absolute atomic E-state index is 0.244. The van der Waals surface area contributed by atoms with Crippen molar-refractivity contribution in [1.82, 2.24) is 25.0 Å². The Bertz CT molecular complexity index is 1030. The molecule has 2 aliphatic heterocycles. The highest BCUT2D eigenvalue weighted by atomic mass is 32.2. The van der Waals surface area contributed by atoms with Crippen LogP contribution in [0.15, 0.2) is 33.9 Å². The monoisotopic (exact) mass is 426 g/mol. The zero-order valence-corrected chi connectivity index (χ0v) is 17.4. The van der Waals surface area contributed by atoms with Crippen LogP contribution in [0.2, 0.25) is 0 Å². The van der Waals surface area contributed by atoms with Crippen molar-refractivity contribution in [3.05, 3.63) is 35.9 Å². The van der Waals surface area contributed by atoms with Crippen molar-refractivity contribution in [3.8, 4) is 22.9 Å². The van der Waals surface area contributed by atoms with Gasteiger partial charge in [0.15, 0.2) is 16.7 Å². The van der Waals surface area contributed by atoms with Crippen LogP contribution in [0, 0.1) is 6.92 Å². The Morgan fingerprint density at radius 1 is 1.10 bits per heavy atom. The second kappa shape index (κ2) is 8.11. The number of rotatable bonds is 5. The van der Waals surface area contributed by atoms with Gasteiger partial charge in [-0.3, -0.25) is 4.90 Å². The van der Waals surface area contributed by atoms with Crippen LogP contribution in [0.5, 0.6) is 11.5 Å². The Morgan fingerprint density at radius 2 is 1.93 bits per heavy atom. The van der Waals surface area contributed by atoms with Gasteiger partial charge in [0.25, 0.3) is 0 Å². The number of fused-ring (bicyclic) bond motifs is 1. The Balaban J connectivity index is 1.16. The van der Waals surface area contributed by atoms with E-state index >= 15 is 0 Å². The minimum atomic E-state index is 0.244. The molecule has 0 amide bonds. The van der Waals surface area contributed by atoms with Crippen LogP contribution in [0.4, 0.5) is 5.82 Å². The number of ether oxygens (including phenoxy) is 2. The van der Waals surface area contributed by atoms with Crippen molar-refractivity contribution in [3.63, 3.8) is 0 Å². The number of anilines is 1. The lowest BCUT2D eigenvalue weighted by molar-refractivity contribution is 0.174. The van der Waals surface area contributed by atoms with E-state index in [1.54, 1.807) is 17.8 Å². The van der Waals surface area contributed by atoms with E-state index in [1.807, 2.05) is 25.1 Å². The smallest absolute Gasteiger partial charge is 0.241 e. The fourth-order valence-corrected chi connectivity index (χ4v) is 4.71. The Hall–Kier alpha value is -2.85. The first-order chi connectivity index (χ1) is 14.6. The minimum Gasteiger partial charge on any atom is -0.454 e. The van der Waals surface area contributed by atoms with Gasteiger partial charge in [0, 0.05) is 22.6 Å². The number of benzene rings is 1. The fraction of sp³-hybridized carbons (Fsp3) is 0.400. The van der Waals surface area contributed by atoms with Crippen LogP contribution in [-0.4, -0.2) is 50.1 Å². The number of hydrogen-bond acceptors (Lipinski definition) is 10. The number of aryl methyl sites for hydroxylation is 1. The number of thioether (sulfide) groups is 1. The first-order valence-corrected chi connectivity index (χ1v) is 10.7. The fourth-order valence-electron chi connectivity index (χ4n) is 3.62. The first kappa shape index (κ1) is 19.1. The predicted molar refractivity (Wildman–Crippen MR) is 111 cm³/mol. The van der Waals surface area contributed by atoms with E-state index in [2.05, 4.69) is 25.0 Å². The number of nitrogens with zero attached hydrogens (tertiary/aromatic N) is 5. The molecule has 9 nitrogen and oxygen atoms in total. The van der Waals surface area contributed by atoms with Crippen LogP contribution >= 0.6 is 11.8 Å². The molecule has 0 spiro atoms. The highest BCUT2D eigenvalue weighted by Crippen LogP contribution is 2.35. The van der Waals surface area contributed by atoms with Gasteiger partial charge < -0.3 is 19.7 Å². The van der Waals surface area contributed by atoms with Crippen LogP contribution < -0.4 is 15.2 Å². The Morgan fingerprint density at radius 3 is 2.77 bits per heavy atom. The lowest BCUT2D eigenvalue weighted by atomic mass is 10.1. The summed E-state index contributed by atoms with van der Waals surface area (Å²) >= 11 is 1.71. The van der Waals surface area contributed by atoms with Gasteiger partial charge in [0.1, 0.15) is 5.82 Å². The van der Waals surface area contributed by atoms with Gasteiger partial charge in [-0.15, -0.1) is 0 Å². The summed E-state index contributed by atoms with van der Waals surface area (Å²) in [5.74, 6) is 3.14. The van der Waals surface area contributed by atoms with E-state index in [1.165, 1.54) is 0 Å². The molecule has 2 aliphatic rings. The van der Waals surface area contributed by atoms with Crippen molar-refractivity contribution in [2.24, 2.45) is 0 Å². The average Bonchev–Trinajstić information content (AvgIpc) is 3.37. The van der Waals surface area contributed by atoms with E-state index < -0.39 is 0 Å². The van der Waals surface area contributed by atoms with Crippen LogP contribution in [0.25, 0.3) is 11.4 Å². The summed E-state index contributed by atoms with van der Waals surface area (Å²) < 4.78 is 16.2. The van der Waals surface area contributed by atoms with Crippen molar-refractivity contribution >= 4 is 17.6 Å². The molecule has 1 aromatic carbocycles. The van der Waals surface area contributed by atoms with E-state index in [0.29, 0.717) is 35.1 Å². The van der Waals surface area contributed by atoms with E-state index in [4.69, 9.17) is 19.7 Å². The molecule has 1 fully saturated rings. The molecule has 1 saturated heterocycles. The largest absolute Gasteiger partial charge is 0.454 e. The summed E-state index contributed by atoms with van der Waals surface area (Å²) in [5, 5.41) is 5.36. The number of likely N-dealkylation sites (tertiary alicyclic amines) is 1. The summed E-state index contributed by atoms with van der Waals surface area (Å²) in [7, 11) is 0. The van der Waals surface area contributed by atoms with Crippen LogP contribution in [-0.2, 0) is 6.54 Å². The number of piperidine rings is 1. The molecule has 0 aliphatic carbocycles. The first-order valence-electron chi connectivity index (χ1n) is 9.85. The number of nitrogen functional groups attached to an aromatic ring is 1. The molecular weight excluding hydrogens is 404 g/mol. The Kier molecular flexibility index (Phi) is 5.17. The highest BCUT2D eigenvalue weighted by molar-refractivity contribution is 7.99. The molecule has 2 N–H and O–H groups in total. The lowest BCUT2D eigenvalue weighted by Gasteiger charge is -2.30. The lowest BCUT2D eigenvalue weighted by Crippen LogP contribution is -2.34. The maximum absolute atomic E-state index is 5.83. The molecule has 156 valence electrons. The maximum atomic E-state index is 5.83. The van der Waals surface area contributed by atoms with Gasteiger partial charge in [-0.1, -0.05) is 16.9 Å². The van der Waals surface area contributed by atoms with Gasteiger partial charge >= 0.3 is 0 Å². The van der Waals surface area contributed by atoms with Gasteiger partial charge in [-0.05, 0) is 51.1 Å². The third-order valence-electron chi connectivity index (χ3n) is 5.12. The molecule has 0 unspecified atom stereocenters. The average molecular weight is 427 g/mol. The molecule has 2 aromatic heterocycles. The number of hydrogen-bond donors (Lipinski definition) is 1. The third kappa shape index (κ3) is 4.19. The SMILES string of the molecule is Cc1cc(N)nc(SC2CCN(Cc3nc(-c4ccc5c(c4)OCO5)no3)CC2)n1. The van der Waals surface area contributed by atoms with Gasteiger partial charge in [-0.2, -0.15) is 4.98 Å². The topological polar surface area (TPSA) is 112 Å². The third-order valence-corrected chi connectivity index (χ3v) is 6.32. The molecular formula is C20H22N6O3S. The van der Waals surface area contributed by atoms with Crippen LogP contribution in [0.3, 0.4) is 0 Å². The Labute approximate surface area is 178 Å². The van der Waals surface area contributed by atoms with Gasteiger partial charge in [0.05, 0.1) is 6.54 Å². The molecule has 10 heteroatoms. The molecule has 3 aromatic rings. The van der Waals surface area contributed by atoms with E-state index in [0.717, 1.165) is 48.1 Å². The number of aromatic nitrogens is 4. The molecule has 0 atom stereocenters. The van der Waals surface area contributed by atoms with Gasteiger partial charge in [-0.25, -0.2) is 9.97 Å². The standard InChI is InChI=1S/C20H22N6O3S/c1-12-8-17(21)23-20(22-12)30-14-4-6-26(7-5-14)10-18-24-19(25-29-18)13-2-3-15-16(9-13)28-11-27-15/h2-3,8-9,14H,4-7,10-11H2,1H3,(H2,21,22,23). The maximum Gasteiger partial charge on any atom is 0.241 e. The summed E-state index contributed by atoms with van der Waals surface area (Å²) in [5.41, 5.74) is 7.58. The second-order valence-electron chi connectivity index (χ2n) is 7.39. The highest BCUT2D eigenvalue weighted by Gasteiger charge is 2.23. The predicted octanol–water partition coefficient (Wildman–Crippen LogP) is 2.90. The van der Waals surface area contributed by atoms with E-state index in [-0.39, 0.29) is 6.79 Å². The molecule has 5 rings (SSSR count). The molecule has 4 heterocycles. The van der Waals surface area contributed by atoms with Crippen molar-refractivity contribution in [2.75, 3.05) is 25.6 Å². The summed E-state index contributed by atoms with van der Waals surface area (Å²) in [6.07, 6.45) is 2.09. The summed E-state index contributed by atoms with van der Waals surface area (Å²) in [4.78, 5) is 15.7. The van der Waals surface area contributed by atoms with Crippen LogP contribution in [0.1, 0.15) is 24.4 Å². The van der Waals surface area contributed by atoms with Crippen molar-refractivity contribution in [2.45, 2.75) is 36.7 Å². The van der Waals surface area contributed by atoms with E-state index in [9.17, 15) is 0 Å². The summed E-state index contributed by atoms with van der Waals surface area (Å²) in [6.45, 7) is 4.74. The zero-order chi connectivity index (χ0) is 20.5. The molecule has 0 radical (unpaired) electrons. The quantitative estimate of drug-likeness (QED) is 0.611. The molecule has 30 heavy (non-hydrogen) atoms. The molecule has 0 bridgehead atoms.